The van der Waals surface area contributed by atoms with Gasteiger partial charge >= 0.3 is 0 Å². The van der Waals surface area contributed by atoms with E-state index in [0.29, 0.717) is 12.6 Å². The number of nitrogens with zero attached hydrogens (tertiary/aromatic N) is 3. The molecule has 0 spiro atoms. The maximum absolute atomic E-state index is 11.6. The van der Waals surface area contributed by atoms with Gasteiger partial charge in [-0.2, -0.15) is 5.26 Å². The molecule has 5 nitrogen and oxygen atoms in total. The van der Waals surface area contributed by atoms with Crippen LogP contribution >= 0.6 is 0 Å². The lowest BCUT2D eigenvalue weighted by Gasteiger charge is -2.33. The van der Waals surface area contributed by atoms with E-state index in [-0.39, 0.29) is 11.3 Å². The standard InChI is InChI=1S/C14H26N4O/c1-14(2,10-15)11-16-12-5-7-18(8-6-12)9-13(19)17(3)4/h12,16H,5-9,11H2,1-4H3. The van der Waals surface area contributed by atoms with E-state index in [1.165, 1.54) is 0 Å². The second-order valence-electron chi connectivity index (χ2n) is 6.22. The second kappa shape index (κ2) is 6.88. The highest BCUT2D eigenvalue weighted by Gasteiger charge is 2.23. The molecule has 1 heterocycles. The summed E-state index contributed by atoms with van der Waals surface area (Å²) in [6.45, 7) is 7.04. The third-order valence-electron chi connectivity index (χ3n) is 3.58. The number of likely N-dealkylation sites (tertiary alicyclic amines) is 1. The predicted molar refractivity (Wildman–Crippen MR) is 75.6 cm³/mol. The van der Waals surface area contributed by atoms with Crippen molar-refractivity contribution < 1.29 is 4.79 Å². The van der Waals surface area contributed by atoms with Gasteiger partial charge in [0.2, 0.25) is 5.91 Å². The summed E-state index contributed by atoms with van der Waals surface area (Å²) < 4.78 is 0. The number of likely N-dealkylation sites (N-methyl/N-ethyl adjacent to an activating group) is 1. The zero-order valence-corrected chi connectivity index (χ0v) is 12.6. The summed E-state index contributed by atoms with van der Waals surface area (Å²) in [5, 5.41) is 12.4. The fourth-order valence-electron chi connectivity index (χ4n) is 2.07. The lowest BCUT2D eigenvalue weighted by molar-refractivity contribution is -0.130. The lowest BCUT2D eigenvalue weighted by Crippen LogP contribution is -2.47. The average molecular weight is 266 g/mol. The molecule has 0 unspecified atom stereocenters. The molecule has 1 aliphatic heterocycles. The van der Waals surface area contributed by atoms with Crippen molar-refractivity contribution >= 4 is 5.91 Å². The molecule has 108 valence electrons. The van der Waals surface area contributed by atoms with E-state index in [1.54, 1.807) is 19.0 Å². The minimum atomic E-state index is -0.308. The van der Waals surface area contributed by atoms with E-state index in [4.69, 9.17) is 5.26 Å². The van der Waals surface area contributed by atoms with Crippen LogP contribution in [0.3, 0.4) is 0 Å². The summed E-state index contributed by atoms with van der Waals surface area (Å²) in [5.41, 5.74) is -0.308. The first-order valence-corrected chi connectivity index (χ1v) is 6.91. The van der Waals surface area contributed by atoms with Crippen LogP contribution in [0.2, 0.25) is 0 Å². The number of amides is 1. The molecule has 1 amide bonds. The van der Waals surface area contributed by atoms with Crippen LogP contribution in [-0.4, -0.2) is 62.0 Å². The van der Waals surface area contributed by atoms with Gasteiger partial charge < -0.3 is 10.2 Å². The molecule has 0 aromatic heterocycles. The number of carbonyl (C=O) groups excluding carboxylic acids is 1. The summed E-state index contributed by atoms with van der Waals surface area (Å²) in [7, 11) is 3.58. The maximum Gasteiger partial charge on any atom is 0.236 e. The first kappa shape index (κ1) is 15.9. The Bertz CT molecular complexity index is 338. The number of piperidine rings is 1. The monoisotopic (exact) mass is 266 g/mol. The van der Waals surface area contributed by atoms with Gasteiger partial charge in [0.25, 0.3) is 0 Å². The smallest absolute Gasteiger partial charge is 0.236 e. The normalized spacial score (nSPS) is 18.1. The van der Waals surface area contributed by atoms with Crippen LogP contribution in [0.1, 0.15) is 26.7 Å². The first-order valence-electron chi connectivity index (χ1n) is 6.91. The van der Waals surface area contributed by atoms with Crippen LogP contribution in [0.4, 0.5) is 0 Å². The van der Waals surface area contributed by atoms with Gasteiger partial charge in [-0.3, -0.25) is 9.69 Å². The van der Waals surface area contributed by atoms with Gasteiger partial charge in [0, 0.05) is 39.8 Å². The van der Waals surface area contributed by atoms with Crippen molar-refractivity contribution in [1.82, 2.24) is 15.1 Å². The van der Waals surface area contributed by atoms with Crippen LogP contribution < -0.4 is 5.32 Å². The van der Waals surface area contributed by atoms with E-state index >= 15 is 0 Å². The number of hydrogen-bond acceptors (Lipinski definition) is 4. The molecule has 1 N–H and O–H groups in total. The minimum Gasteiger partial charge on any atom is -0.348 e. The van der Waals surface area contributed by atoms with Crippen molar-refractivity contribution in [3.05, 3.63) is 0 Å². The molecule has 0 saturated carbocycles. The maximum atomic E-state index is 11.6. The van der Waals surface area contributed by atoms with Crippen LogP contribution in [-0.2, 0) is 4.79 Å². The van der Waals surface area contributed by atoms with Gasteiger partial charge in [0.1, 0.15) is 0 Å². The number of rotatable bonds is 5. The van der Waals surface area contributed by atoms with Crippen molar-refractivity contribution in [2.24, 2.45) is 5.41 Å². The Morgan fingerprint density at radius 1 is 1.42 bits per heavy atom. The lowest BCUT2D eigenvalue weighted by atomic mass is 9.94. The predicted octanol–water partition coefficient (Wildman–Crippen LogP) is 0.678. The minimum absolute atomic E-state index is 0.164. The van der Waals surface area contributed by atoms with Crippen molar-refractivity contribution in [2.75, 3.05) is 40.3 Å². The first-order chi connectivity index (χ1) is 8.84. The molecule has 1 fully saturated rings. The van der Waals surface area contributed by atoms with E-state index in [2.05, 4.69) is 16.3 Å². The quantitative estimate of drug-likeness (QED) is 0.795. The van der Waals surface area contributed by atoms with Gasteiger partial charge in [0.15, 0.2) is 0 Å². The summed E-state index contributed by atoms with van der Waals surface area (Å²) in [4.78, 5) is 15.5. The molecule has 1 saturated heterocycles. The molecule has 0 aromatic carbocycles. The molecular formula is C14H26N4O. The highest BCUT2D eigenvalue weighted by Crippen LogP contribution is 2.15. The molecule has 19 heavy (non-hydrogen) atoms. The van der Waals surface area contributed by atoms with E-state index in [1.807, 2.05) is 13.8 Å². The van der Waals surface area contributed by atoms with Gasteiger partial charge in [-0.1, -0.05) is 0 Å². The molecule has 1 rings (SSSR count). The zero-order valence-electron chi connectivity index (χ0n) is 12.6. The molecule has 0 radical (unpaired) electrons. The molecule has 5 heteroatoms. The zero-order chi connectivity index (χ0) is 14.5. The summed E-state index contributed by atoms with van der Waals surface area (Å²) in [6, 6.07) is 2.78. The summed E-state index contributed by atoms with van der Waals surface area (Å²) >= 11 is 0. The fraction of sp³-hybridized carbons (Fsp3) is 0.857. The number of nitrogens with one attached hydrogen (secondary N) is 1. The third-order valence-corrected chi connectivity index (χ3v) is 3.58. The molecular weight excluding hydrogens is 240 g/mol. The average Bonchev–Trinajstić information content (AvgIpc) is 2.38. The summed E-state index contributed by atoms with van der Waals surface area (Å²) in [6.07, 6.45) is 2.09. The van der Waals surface area contributed by atoms with Crippen molar-refractivity contribution in [3.63, 3.8) is 0 Å². The van der Waals surface area contributed by atoms with Crippen LogP contribution in [0.5, 0.6) is 0 Å². The van der Waals surface area contributed by atoms with Crippen molar-refractivity contribution in [3.8, 4) is 6.07 Å². The van der Waals surface area contributed by atoms with Crippen molar-refractivity contribution in [2.45, 2.75) is 32.7 Å². The molecule has 0 aromatic rings. The number of nitriles is 1. The molecule has 0 aliphatic carbocycles. The van der Waals surface area contributed by atoms with E-state index in [9.17, 15) is 4.79 Å². The SMILES string of the molecule is CN(C)C(=O)CN1CCC(NCC(C)(C)C#N)CC1. The van der Waals surface area contributed by atoms with E-state index < -0.39 is 0 Å². The third kappa shape index (κ3) is 5.58. The topological polar surface area (TPSA) is 59.4 Å². The van der Waals surface area contributed by atoms with E-state index in [0.717, 1.165) is 32.5 Å². The van der Waals surface area contributed by atoms with Crippen molar-refractivity contribution in [1.29, 1.82) is 5.26 Å². The Morgan fingerprint density at radius 3 is 2.47 bits per heavy atom. The van der Waals surface area contributed by atoms with Gasteiger partial charge in [-0.25, -0.2) is 0 Å². The van der Waals surface area contributed by atoms with Gasteiger partial charge in [-0.15, -0.1) is 0 Å². The van der Waals surface area contributed by atoms with Crippen LogP contribution in [0.15, 0.2) is 0 Å². The summed E-state index contributed by atoms with van der Waals surface area (Å²) in [5.74, 6) is 0.164. The fourth-order valence-corrected chi connectivity index (χ4v) is 2.07. The highest BCUT2D eigenvalue weighted by molar-refractivity contribution is 5.77. The Hall–Kier alpha value is -1.12. The Balaban J connectivity index is 2.26. The molecule has 1 aliphatic rings. The second-order valence-corrected chi connectivity index (χ2v) is 6.22. The largest absolute Gasteiger partial charge is 0.348 e. The van der Waals surface area contributed by atoms with Crippen LogP contribution in [0.25, 0.3) is 0 Å². The molecule has 0 atom stereocenters. The molecule has 0 bridgehead atoms. The Kier molecular flexibility index (Phi) is 5.77. The Labute approximate surface area is 116 Å². The van der Waals surface area contributed by atoms with Gasteiger partial charge in [-0.05, 0) is 26.7 Å². The highest BCUT2D eigenvalue weighted by atomic mass is 16.2. The van der Waals surface area contributed by atoms with Crippen LogP contribution in [0, 0.1) is 16.7 Å². The number of carbonyl (C=O) groups is 1. The Morgan fingerprint density at radius 2 is 2.00 bits per heavy atom. The number of hydrogen-bond donors (Lipinski definition) is 1. The van der Waals surface area contributed by atoms with Gasteiger partial charge in [0.05, 0.1) is 18.0 Å².